The van der Waals surface area contributed by atoms with Gasteiger partial charge in [-0.3, -0.25) is 0 Å². The first-order chi connectivity index (χ1) is 12.3. The zero-order chi connectivity index (χ0) is 19.2. The van der Waals surface area contributed by atoms with E-state index in [1.54, 1.807) is 7.11 Å². The number of hydrogen-bond acceptors (Lipinski definition) is 5. The topological polar surface area (TPSA) is 62.3 Å². The average molecular weight is 391 g/mol. The van der Waals surface area contributed by atoms with Gasteiger partial charge in [0.05, 0.1) is 0 Å². The van der Waals surface area contributed by atoms with Crippen molar-refractivity contribution in [3.8, 4) is 0 Å². The molecule has 2 heterocycles. The van der Waals surface area contributed by atoms with Gasteiger partial charge in [0.25, 0.3) is 0 Å². The van der Waals surface area contributed by atoms with Crippen molar-refractivity contribution in [1.82, 2.24) is 15.3 Å². The van der Waals surface area contributed by atoms with Crippen LogP contribution in [0.4, 0.5) is 24.9 Å². The quantitative estimate of drug-likeness (QED) is 0.571. The fourth-order valence-electron chi connectivity index (χ4n) is 2.76. The van der Waals surface area contributed by atoms with Crippen LogP contribution in [0.3, 0.4) is 0 Å². The van der Waals surface area contributed by atoms with E-state index in [2.05, 4.69) is 27.5 Å². The molecule has 1 fully saturated rings. The SMILES string of the molecule is COCCCNC(=S)Nc1nc(N2CCCC(C)C2)cc(C(F)(F)F)n1. The molecule has 0 aliphatic carbocycles. The molecule has 1 aromatic rings. The molecule has 1 saturated heterocycles. The third-order valence-electron chi connectivity index (χ3n) is 4.02. The van der Waals surface area contributed by atoms with Crippen LogP contribution in [0.25, 0.3) is 0 Å². The molecule has 26 heavy (non-hydrogen) atoms. The monoisotopic (exact) mass is 391 g/mol. The molecule has 2 N–H and O–H groups in total. The van der Waals surface area contributed by atoms with Gasteiger partial charge in [-0.05, 0) is 37.4 Å². The summed E-state index contributed by atoms with van der Waals surface area (Å²) < 4.78 is 44.6. The minimum atomic E-state index is -4.55. The second-order valence-electron chi connectivity index (χ2n) is 6.35. The van der Waals surface area contributed by atoms with Crippen molar-refractivity contribution < 1.29 is 17.9 Å². The van der Waals surface area contributed by atoms with Gasteiger partial charge < -0.3 is 20.3 Å². The molecule has 6 nitrogen and oxygen atoms in total. The summed E-state index contributed by atoms with van der Waals surface area (Å²) in [7, 11) is 1.59. The fraction of sp³-hybridized carbons (Fsp3) is 0.688. The number of nitrogens with zero attached hydrogens (tertiary/aromatic N) is 3. The minimum Gasteiger partial charge on any atom is -0.385 e. The number of nitrogens with one attached hydrogen (secondary N) is 2. The Labute approximate surface area is 156 Å². The molecule has 0 bridgehead atoms. The Bertz CT molecular complexity index is 614. The fourth-order valence-corrected chi connectivity index (χ4v) is 2.95. The van der Waals surface area contributed by atoms with Crippen LogP contribution in [-0.4, -0.2) is 48.4 Å². The van der Waals surface area contributed by atoms with Gasteiger partial charge >= 0.3 is 6.18 Å². The number of piperidine rings is 1. The molecule has 2 rings (SSSR count). The van der Waals surface area contributed by atoms with Crippen LogP contribution in [0.2, 0.25) is 0 Å². The highest BCUT2D eigenvalue weighted by Gasteiger charge is 2.34. The molecular formula is C16H24F3N5OS. The van der Waals surface area contributed by atoms with Gasteiger partial charge in [-0.25, -0.2) is 4.98 Å². The zero-order valence-electron chi connectivity index (χ0n) is 14.9. The van der Waals surface area contributed by atoms with E-state index in [1.165, 1.54) is 0 Å². The molecule has 1 aliphatic rings. The van der Waals surface area contributed by atoms with E-state index in [4.69, 9.17) is 17.0 Å². The maximum atomic E-state index is 13.2. The van der Waals surface area contributed by atoms with Crippen LogP contribution in [0, 0.1) is 5.92 Å². The van der Waals surface area contributed by atoms with E-state index in [9.17, 15) is 13.2 Å². The second-order valence-corrected chi connectivity index (χ2v) is 6.76. The summed E-state index contributed by atoms with van der Waals surface area (Å²) >= 11 is 5.10. The summed E-state index contributed by atoms with van der Waals surface area (Å²) in [6.45, 7) is 4.53. The van der Waals surface area contributed by atoms with Crippen molar-refractivity contribution in [1.29, 1.82) is 0 Å². The summed E-state index contributed by atoms with van der Waals surface area (Å²) in [6.07, 6.45) is -1.84. The Balaban J connectivity index is 2.14. The molecule has 1 aliphatic heterocycles. The van der Waals surface area contributed by atoms with Crippen LogP contribution >= 0.6 is 12.2 Å². The lowest BCUT2D eigenvalue weighted by Gasteiger charge is -2.32. The summed E-state index contributed by atoms with van der Waals surface area (Å²) in [5.41, 5.74) is -0.981. The number of aromatic nitrogens is 2. The lowest BCUT2D eigenvalue weighted by molar-refractivity contribution is -0.141. The van der Waals surface area contributed by atoms with Crippen LogP contribution in [0.15, 0.2) is 6.07 Å². The van der Waals surface area contributed by atoms with Gasteiger partial charge in [-0.2, -0.15) is 18.2 Å². The van der Waals surface area contributed by atoms with Gasteiger partial charge in [0.2, 0.25) is 5.95 Å². The Hall–Kier alpha value is -1.68. The first kappa shape index (κ1) is 20.6. The molecule has 10 heteroatoms. The predicted molar refractivity (Wildman–Crippen MR) is 98.4 cm³/mol. The van der Waals surface area contributed by atoms with Crippen LogP contribution < -0.4 is 15.5 Å². The van der Waals surface area contributed by atoms with Crippen molar-refractivity contribution in [2.75, 3.05) is 43.6 Å². The van der Waals surface area contributed by atoms with Crippen molar-refractivity contribution in [3.05, 3.63) is 11.8 Å². The number of hydrogen-bond donors (Lipinski definition) is 2. The van der Waals surface area contributed by atoms with E-state index in [-0.39, 0.29) is 16.9 Å². The lowest BCUT2D eigenvalue weighted by Crippen LogP contribution is -2.36. The van der Waals surface area contributed by atoms with E-state index in [0.717, 1.165) is 25.3 Å². The molecule has 1 atom stereocenters. The van der Waals surface area contributed by atoms with Crippen molar-refractivity contribution in [2.45, 2.75) is 32.4 Å². The van der Waals surface area contributed by atoms with E-state index < -0.39 is 11.9 Å². The van der Waals surface area contributed by atoms with Gasteiger partial charge in [-0.15, -0.1) is 0 Å². The molecule has 146 valence electrons. The third kappa shape index (κ3) is 6.24. The molecule has 0 aromatic carbocycles. The van der Waals surface area contributed by atoms with Gasteiger partial charge in [0, 0.05) is 39.4 Å². The summed E-state index contributed by atoms with van der Waals surface area (Å²) in [5, 5.41) is 5.73. The van der Waals surface area contributed by atoms with Crippen LogP contribution in [-0.2, 0) is 10.9 Å². The number of alkyl halides is 3. The Morgan fingerprint density at radius 1 is 1.42 bits per heavy atom. The number of thiocarbonyl (C=S) groups is 1. The molecular weight excluding hydrogens is 367 g/mol. The minimum absolute atomic E-state index is 0.155. The molecule has 0 spiro atoms. The largest absolute Gasteiger partial charge is 0.433 e. The Morgan fingerprint density at radius 3 is 2.85 bits per heavy atom. The van der Waals surface area contributed by atoms with Crippen LogP contribution in [0.5, 0.6) is 0 Å². The van der Waals surface area contributed by atoms with Crippen LogP contribution in [0.1, 0.15) is 31.9 Å². The summed E-state index contributed by atoms with van der Waals surface area (Å²) in [6, 6.07) is 0.998. The highest BCUT2D eigenvalue weighted by Crippen LogP contribution is 2.31. The van der Waals surface area contributed by atoms with Gasteiger partial charge in [0.1, 0.15) is 5.82 Å². The summed E-state index contributed by atoms with van der Waals surface area (Å²) in [4.78, 5) is 9.68. The number of anilines is 2. The Morgan fingerprint density at radius 2 is 2.19 bits per heavy atom. The number of ether oxygens (including phenoxy) is 1. The highest BCUT2D eigenvalue weighted by molar-refractivity contribution is 7.80. The van der Waals surface area contributed by atoms with Crippen molar-refractivity contribution in [3.63, 3.8) is 0 Å². The standard InChI is InChI=1S/C16H24F3N5OS/c1-11-5-3-7-24(10-11)13-9-12(16(17,18)19)21-14(22-13)23-15(26)20-6-4-8-25-2/h9,11H,3-8,10H2,1-2H3,(H2,20,21,22,23,26). The number of methoxy groups -OCH3 is 1. The number of halogens is 3. The van der Waals surface area contributed by atoms with Crippen molar-refractivity contribution in [2.24, 2.45) is 5.92 Å². The van der Waals surface area contributed by atoms with E-state index in [1.807, 2.05) is 4.90 Å². The smallest absolute Gasteiger partial charge is 0.385 e. The normalized spacial score (nSPS) is 17.9. The first-order valence-electron chi connectivity index (χ1n) is 8.54. The van der Waals surface area contributed by atoms with Crippen molar-refractivity contribution >= 4 is 29.1 Å². The Kier molecular flexibility index (Phi) is 7.39. The molecule has 1 aromatic heterocycles. The maximum absolute atomic E-state index is 13.2. The molecule has 0 radical (unpaired) electrons. The lowest BCUT2D eigenvalue weighted by atomic mass is 10.0. The van der Waals surface area contributed by atoms with E-state index in [0.29, 0.717) is 32.2 Å². The van der Waals surface area contributed by atoms with Gasteiger partial charge in [-0.1, -0.05) is 6.92 Å². The molecule has 1 unspecified atom stereocenters. The highest BCUT2D eigenvalue weighted by atomic mass is 32.1. The third-order valence-corrected chi connectivity index (χ3v) is 4.27. The number of rotatable bonds is 6. The summed E-state index contributed by atoms with van der Waals surface area (Å²) in [5.74, 6) is 0.522. The predicted octanol–water partition coefficient (Wildman–Crippen LogP) is 3.05. The molecule has 0 amide bonds. The maximum Gasteiger partial charge on any atom is 0.433 e. The first-order valence-corrected chi connectivity index (χ1v) is 8.95. The average Bonchev–Trinajstić information content (AvgIpc) is 2.58. The zero-order valence-corrected chi connectivity index (χ0v) is 15.7. The van der Waals surface area contributed by atoms with Gasteiger partial charge in [0.15, 0.2) is 10.8 Å². The molecule has 0 saturated carbocycles. The van der Waals surface area contributed by atoms with E-state index >= 15 is 0 Å². The second kappa shape index (κ2) is 9.31.